The first-order valence-electron chi connectivity index (χ1n) is 8.97. The Balaban J connectivity index is 1.43. The van der Waals surface area contributed by atoms with E-state index in [1.807, 2.05) is 60.8 Å². The largest absolute Gasteiger partial charge is 0.340 e. The fourth-order valence-corrected chi connectivity index (χ4v) is 4.04. The van der Waals surface area contributed by atoms with Gasteiger partial charge in [0.25, 0.3) is 0 Å². The Labute approximate surface area is 167 Å². The van der Waals surface area contributed by atoms with Crippen LogP contribution >= 0.6 is 11.8 Å². The fraction of sp³-hybridized carbons (Fsp3) is 0.190. The van der Waals surface area contributed by atoms with Crippen LogP contribution in [-0.2, 0) is 16.1 Å². The van der Waals surface area contributed by atoms with Gasteiger partial charge in [0, 0.05) is 30.2 Å². The highest BCUT2D eigenvalue weighted by molar-refractivity contribution is 8.00. The van der Waals surface area contributed by atoms with E-state index in [9.17, 15) is 9.59 Å². The minimum atomic E-state index is -0.109. The number of carbonyl (C=O) groups is 2. The van der Waals surface area contributed by atoms with Crippen LogP contribution in [0.3, 0.4) is 0 Å². The Morgan fingerprint density at radius 1 is 1.14 bits per heavy atom. The van der Waals surface area contributed by atoms with Gasteiger partial charge in [-0.2, -0.15) is 5.10 Å². The second-order valence-corrected chi connectivity index (χ2v) is 7.63. The van der Waals surface area contributed by atoms with Crippen LogP contribution in [0.1, 0.15) is 5.56 Å². The van der Waals surface area contributed by atoms with Crippen molar-refractivity contribution in [3.63, 3.8) is 0 Å². The van der Waals surface area contributed by atoms with E-state index >= 15 is 0 Å². The molecule has 0 saturated heterocycles. The number of nitrogens with zero attached hydrogens (tertiary/aromatic N) is 4. The van der Waals surface area contributed by atoms with Gasteiger partial charge < -0.3 is 9.80 Å². The van der Waals surface area contributed by atoms with Gasteiger partial charge in [-0.1, -0.05) is 30.3 Å². The van der Waals surface area contributed by atoms with E-state index in [0.717, 1.165) is 21.8 Å². The third-order valence-corrected chi connectivity index (χ3v) is 5.65. The maximum Gasteiger partial charge on any atom is 0.242 e. The predicted octanol–water partition coefficient (Wildman–Crippen LogP) is 2.97. The van der Waals surface area contributed by atoms with Crippen LogP contribution in [0.2, 0.25) is 0 Å². The molecule has 142 valence electrons. The summed E-state index contributed by atoms with van der Waals surface area (Å²) < 4.78 is 1.79. The molecule has 2 aromatic carbocycles. The minimum absolute atomic E-state index is 0.0395. The maximum absolute atomic E-state index is 12.7. The van der Waals surface area contributed by atoms with E-state index in [4.69, 9.17) is 0 Å². The predicted molar refractivity (Wildman–Crippen MR) is 110 cm³/mol. The Hall–Kier alpha value is -3.06. The summed E-state index contributed by atoms with van der Waals surface area (Å²) in [5, 5.41) is 4.37. The zero-order valence-electron chi connectivity index (χ0n) is 15.5. The molecule has 0 fully saturated rings. The average molecular weight is 392 g/mol. The SMILES string of the molecule is CN(Cc1cnn(-c2ccccc2)c1)C(=O)CN1C(=O)CSc2ccccc21. The zero-order valence-corrected chi connectivity index (χ0v) is 16.3. The van der Waals surface area contributed by atoms with E-state index in [-0.39, 0.29) is 18.4 Å². The third-order valence-electron chi connectivity index (χ3n) is 4.60. The molecular weight excluding hydrogens is 372 g/mol. The highest BCUT2D eigenvalue weighted by atomic mass is 32.2. The maximum atomic E-state index is 12.7. The molecule has 6 nitrogen and oxygen atoms in total. The van der Waals surface area contributed by atoms with Crippen molar-refractivity contribution in [1.29, 1.82) is 0 Å². The Bertz CT molecular complexity index is 1000. The molecule has 4 rings (SSSR count). The molecule has 1 aliphatic rings. The van der Waals surface area contributed by atoms with Crippen molar-refractivity contribution in [2.24, 2.45) is 0 Å². The van der Waals surface area contributed by atoms with Gasteiger partial charge in [-0.25, -0.2) is 4.68 Å². The lowest BCUT2D eigenvalue weighted by Gasteiger charge is -2.29. The van der Waals surface area contributed by atoms with Crippen LogP contribution in [0.25, 0.3) is 5.69 Å². The van der Waals surface area contributed by atoms with Crippen molar-refractivity contribution in [3.8, 4) is 5.69 Å². The summed E-state index contributed by atoms with van der Waals surface area (Å²) >= 11 is 1.51. The molecule has 7 heteroatoms. The van der Waals surface area contributed by atoms with Gasteiger partial charge in [-0.15, -0.1) is 11.8 Å². The van der Waals surface area contributed by atoms with Gasteiger partial charge in [-0.05, 0) is 24.3 Å². The lowest BCUT2D eigenvalue weighted by atomic mass is 10.2. The first-order valence-corrected chi connectivity index (χ1v) is 9.95. The summed E-state index contributed by atoms with van der Waals surface area (Å²) in [5.74, 6) is 0.211. The molecule has 0 radical (unpaired) electrons. The number of hydrogen-bond acceptors (Lipinski definition) is 4. The smallest absolute Gasteiger partial charge is 0.242 e. The van der Waals surface area contributed by atoms with Crippen LogP contribution in [0, 0.1) is 0 Å². The number of para-hydroxylation sites is 2. The van der Waals surface area contributed by atoms with Crippen molar-refractivity contribution in [2.75, 3.05) is 24.2 Å². The standard InChI is InChI=1S/C21H20N4O2S/c1-23(12-16-11-22-25(13-16)17-7-3-2-4-8-17)20(26)14-24-18-9-5-6-10-19(18)28-15-21(24)27/h2-11,13H,12,14-15H2,1H3. The first kappa shape index (κ1) is 18.3. The number of carbonyl (C=O) groups excluding carboxylic acids is 2. The summed E-state index contributed by atoms with van der Waals surface area (Å²) in [5.41, 5.74) is 2.71. The number of rotatable bonds is 5. The quantitative estimate of drug-likeness (QED) is 0.670. The second-order valence-electron chi connectivity index (χ2n) is 6.61. The van der Waals surface area contributed by atoms with Crippen LogP contribution < -0.4 is 4.90 Å². The fourth-order valence-electron chi connectivity index (χ4n) is 3.11. The van der Waals surface area contributed by atoms with E-state index in [1.54, 1.807) is 27.7 Å². The molecule has 1 aliphatic heterocycles. The summed E-state index contributed by atoms with van der Waals surface area (Å²) in [7, 11) is 1.75. The molecule has 28 heavy (non-hydrogen) atoms. The number of aromatic nitrogens is 2. The molecule has 0 spiro atoms. The van der Waals surface area contributed by atoms with Crippen LogP contribution in [0.4, 0.5) is 5.69 Å². The van der Waals surface area contributed by atoms with Gasteiger partial charge in [0.05, 0.1) is 23.3 Å². The van der Waals surface area contributed by atoms with Gasteiger partial charge in [-0.3, -0.25) is 9.59 Å². The molecule has 2 amide bonds. The summed E-state index contributed by atoms with van der Waals surface area (Å²) in [6, 6.07) is 17.5. The number of anilines is 1. The van der Waals surface area contributed by atoms with Crippen molar-refractivity contribution in [1.82, 2.24) is 14.7 Å². The molecule has 0 unspecified atom stereocenters. The lowest BCUT2D eigenvalue weighted by Crippen LogP contribution is -2.43. The highest BCUT2D eigenvalue weighted by Gasteiger charge is 2.27. The average Bonchev–Trinajstić information content (AvgIpc) is 3.19. The van der Waals surface area contributed by atoms with Crippen molar-refractivity contribution < 1.29 is 9.59 Å². The molecule has 0 aliphatic carbocycles. The van der Waals surface area contributed by atoms with Crippen molar-refractivity contribution in [3.05, 3.63) is 72.6 Å². The number of amides is 2. The van der Waals surface area contributed by atoms with Crippen molar-refractivity contribution >= 4 is 29.3 Å². The van der Waals surface area contributed by atoms with Gasteiger partial charge in [0.1, 0.15) is 6.54 Å². The van der Waals surface area contributed by atoms with Crippen molar-refractivity contribution in [2.45, 2.75) is 11.4 Å². The molecular formula is C21H20N4O2S. The van der Waals surface area contributed by atoms with E-state index < -0.39 is 0 Å². The molecule has 2 heterocycles. The van der Waals surface area contributed by atoms with E-state index in [1.165, 1.54) is 11.8 Å². The van der Waals surface area contributed by atoms with Crippen LogP contribution in [0.15, 0.2) is 71.9 Å². The normalized spacial score (nSPS) is 13.3. The molecule has 0 saturated carbocycles. The summed E-state index contributed by atoms with van der Waals surface area (Å²) in [4.78, 5) is 29.3. The second kappa shape index (κ2) is 7.90. The number of benzene rings is 2. The van der Waals surface area contributed by atoms with E-state index in [0.29, 0.717) is 12.3 Å². The number of hydrogen-bond donors (Lipinski definition) is 0. The molecule has 0 bridgehead atoms. The highest BCUT2D eigenvalue weighted by Crippen LogP contribution is 2.34. The molecule has 1 aromatic heterocycles. The van der Waals surface area contributed by atoms with E-state index in [2.05, 4.69) is 5.10 Å². The Morgan fingerprint density at radius 3 is 2.71 bits per heavy atom. The Morgan fingerprint density at radius 2 is 1.89 bits per heavy atom. The number of fused-ring (bicyclic) bond motifs is 1. The zero-order chi connectivity index (χ0) is 19.5. The molecule has 0 N–H and O–H groups in total. The summed E-state index contributed by atoms with van der Waals surface area (Å²) in [6.45, 7) is 0.476. The topological polar surface area (TPSA) is 58.4 Å². The Kier molecular flexibility index (Phi) is 5.16. The molecule has 3 aromatic rings. The number of thioether (sulfide) groups is 1. The first-order chi connectivity index (χ1) is 13.6. The number of likely N-dealkylation sites (N-methyl/N-ethyl adjacent to an activating group) is 1. The van der Waals surface area contributed by atoms with Gasteiger partial charge in [0.15, 0.2) is 0 Å². The molecule has 0 atom stereocenters. The van der Waals surface area contributed by atoms with Gasteiger partial charge >= 0.3 is 0 Å². The lowest BCUT2D eigenvalue weighted by molar-refractivity contribution is -0.130. The minimum Gasteiger partial charge on any atom is -0.340 e. The van der Waals surface area contributed by atoms with Gasteiger partial charge in [0.2, 0.25) is 11.8 Å². The van der Waals surface area contributed by atoms with Crippen LogP contribution in [0.5, 0.6) is 0 Å². The summed E-state index contributed by atoms with van der Waals surface area (Å²) in [6.07, 6.45) is 3.67. The third kappa shape index (κ3) is 3.80. The van der Waals surface area contributed by atoms with Crippen LogP contribution in [-0.4, -0.2) is 45.8 Å². The monoisotopic (exact) mass is 392 g/mol.